The van der Waals surface area contributed by atoms with Crippen molar-refractivity contribution >= 4 is 35.8 Å². The largest absolute Gasteiger partial charge is 0.478 e. The zero-order valence-corrected chi connectivity index (χ0v) is 17.8. The Morgan fingerprint density at radius 1 is 0.417 bits per heavy atom. The highest BCUT2D eigenvalue weighted by Crippen LogP contribution is 2.43. The van der Waals surface area contributed by atoms with Crippen LogP contribution in [0.15, 0.2) is 48.5 Å². The van der Waals surface area contributed by atoms with Gasteiger partial charge in [-0.05, 0) is 17.2 Å². The predicted octanol–water partition coefficient (Wildman–Crippen LogP) is 3.21. The fraction of sp³-hybridized carbons (Fsp3) is 0. The molecular formula is C24H14O12. The minimum absolute atomic E-state index is 0.0729. The number of hydrogen-bond acceptors (Lipinski definition) is 6. The number of hydrogen-bond donors (Lipinski definition) is 6. The van der Waals surface area contributed by atoms with Crippen molar-refractivity contribution in [2.75, 3.05) is 0 Å². The van der Waals surface area contributed by atoms with E-state index in [1.807, 2.05) is 0 Å². The molecule has 36 heavy (non-hydrogen) atoms. The summed E-state index contributed by atoms with van der Waals surface area (Å²) in [6.45, 7) is 0. The van der Waals surface area contributed by atoms with Crippen molar-refractivity contribution in [3.8, 4) is 22.3 Å². The quantitative estimate of drug-likeness (QED) is 0.265. The Balaban J connectivity index is 2.83. The van der Waals surface area contributed by atoms with E-state index in [9.17, 15) is 59.4 Å². The minimum Gasteiger partial charge on any atom is -0.478 e. The van der Waals surface area contributed by atoms with Gasteiger partial charge in [0.15, 0.2) is 0 Å². The van der Waals surface area contributed by atoms with E-state index in [2.05, 4.69) is 0 Å². The number of rotatable bonds is 8. The molecule has 0 bridgehead atoms. The molecule has 0 spiro atoms. The standard InChI is InChI=1S/C24H14O12/c25-19(26)11-8-4-7-10(9-5-2-1-3-6-9)12(11)13-14(20(27)28)16(22(31)32)18(24(35)36)17(23(33)34)15(13)21(29)30/h1-8H,(H,25,26)(H,27,28)(H,29,30)(H,31,32)(H,33,34)(H,35,36). The summed E-state index contributed by atoms with van der Waals surface area (Å²) in [6.07, 6.45) is 0. The van der Waals surface area contributed by atoms with Gasteiger partial charge in [0.2, 0.25) is 0 Å². The topological polar surface area (TPSA) is 224 Å². The van der Waals surface area contributed by atoms with Gasteiger partial charge < -0.3 is 30.6 Å². The third kappa shape index (κ3) is 4.09. The third-order valence-corrected chi connectivity index (χ3v) is 5.20. The Bertz CT molecular complexity index is 1430. The van der Waals surface area contributed by atoms with Crippen LogP contribution in [0.4, 0.5) is 0 Å². The Morgan fingerprint density at radius 3 is 1.22 bits per heavy atom. The molecule has 182 valence electrons. The van der Waals surface area contributed by atoms with Crippen LogP contribution in [0, 0.1) is 0 Å². The van der Waals surface area contributed by atoms with E-state index < -0.39 is 80.3 Å². The Labute approximate surface area is 199 Å². The van der Waals surface area contributed by atoms with Crippen LogP contribution in [0.3, 0.4) is 0 Å². The molecule has 3 rings (SSSR count). The van der Waals surface area contributed by atoms with Gasteiger partial charge in [-0.15, -0.1) is 0 Å². The summed E-state index contributed by atoms with van der Waals surface area (Å²) < 4.78 is 0. The van der Waals surface area contributed by atoms with Crippen molar-refractivity contribution in [2.45, 2.75) is 0 Å². The van der Waals surface area contributed by atoms with Gasteiger partial charge >= 0.3 is 35.8 Å². The molecule has 0 aromatic heterocycles. The summed E-state index contributed by atoms with van der Waals surface area (Å²) >= 11 is 0. The zero-order valence-electron chi connectivity index (χ0n) is 17.8. The molecule has 0 saturated carbocycles. The summed E-state index contributed by atoms with van der Waals surface area (Å²) in [7, 11) is 0. The lowest BCUT2D eigenvalue weighted by Gasteiger charge is -2.22. The highest BCUT2D eigenvalue weighted by molar-refractivity contribution is 6.23. The molecule has 0 radical (unpaired) electrons. The number of benzene rings is 3. The fourth-order valence-electron chi connectivity index (χ4n) is 3.93. The van der Waals surface area contributed by atoms with Gasteiger partial charge in [0, 0.05) is 11.1 Å². The smallest absolute Gasteiger partial charge is 0.337 e. The van der Waals surface area contributed by atoms with Crippen LogP contribution in [0.25, 0.3) is 22.3 Å². The van der Waals surface area contributed by atoms with Crippen molar-refractivity contribution in [3.05, 3.63) is 81.9 Å². The Kier molecular flexibility index (Phi) is 6.54. The molecule has 0 unspecified atom stereocenters. The Hall–Kier alpha value is -5.52. The van der Waals surface area contributed by atoms with Crippen LogP contribution in [-0.4, -0.2) is 66.5 Å². The molecule has 0 saturated heterocycles. The average molecular weight is 494 g/mol. The molecule has 12 heteroatoms. The second-order valence-corrected chi connectivity index (χ2v) is 7.18. The maximum Gasteiger partial charge on any atom is 0.337 e. The van der Waals surface area contributed by atoms with E-state index in [4.69, 9.17) is 0 Å². The summed E-state index contributed by atoms with van der Waals surface area (Å²) in [5.74, 6) is -12.5. The van der Waals surface area contributed by atoms with Gasteiger partial charge in [0.1, 0.15) is 0 Å². The van der Waals surface area contributed by atoms with E-state index in [1.54, 1.807) is 6.07 Å². The van der Waals surface area contributed by atoms with Crippen LogP contribution in [-0.2, 0) is 0 Å². The number of carboxylic acid groups (broad SMARTS) is 6. The first-order chi connectivity index (χ1) is 16.9. The lowest BCUT2D eigenvalue weighted by atomic mass is 9.79. The molecule has 0 aliphatic carbocycles. The lowest BCUT2D eigenvalue weighted by molar-refractivity contribution is 0.0610. The summed E-state index contributed by atoms with van der Waals surface area (Å²) in [5, 5.41) is 58.8. The molecule has 0 aliphatic heterocycles. The van der Waals surface area contributed by atoms with Crippen molar-refractivity contribution in [1.29, 1.82) is 0 Å². The van der Waals surface area contributed by atoms with E-state index in [1.165, 1.54) is 36.4 Å². The van der Waals surface area contributed by atoms with Gasteiger partial charge in [-0.2, -0.15) is 0 Å². The molecule has 0 atom stereocenters. The number of carbonyl (C=O) groups is 6. The predicted molar refractivity (Wildman–Crippen MR) is 119 cm³/mol. The third-order valence-electron chi connectivity index (χ3n) is 5.20. The van der Waals surface area contributed by atoms with Gasteiger partial charge in [0.05, 0.1) is 33.4 Å². The highest BCUT2D eigenvalue weighted by atomic mass is 16.4. The van der Waals surface area contributed by atoms with Crippen molar-refractivity contribution < 1.29 is 59.4 Å². The molecule has 0 fully saturated rings. The first-order valence-corrected chi connectivity index (χ1v) is 9.72. The van der Waals surface area contributed by atoms with Crippen molar-refractivity contribution in [2.24, 2.45) is 0 Å². The second kappa shape index (κ2) is 9.38. The van der Waals surface area contributed by atoms with Gasteiger partial charge in [-0.3, -0.25) is 0 Å². The first kappa shape index (κ1) is 25.1. The monoisotopic (exact) mass is 494 g/mol. The minimum atomic E-state index is -2.21. The average Bonchev–Trinajstić information content (AvgIpc) is 2.81. The van der Waals surface area contributed by atoms with E-state index >= 15 is 0 Å². The summed E-state index contributed by atoms with van der Waals surface area (Å²) in [6, 6.07) is 11.1. The molecule has 3 aromatic carbocycles. The van der Waals surface area contributed by atoms with E-state index in [0.717, 1.165) is 6.07 Å². The van der Waals surface area contributed by atoms with Gasteiger partial charge in [0.25, 0.3) is 0 Å². The molecule has 6 N–H and O–H groups in total. The van der Waals surface area contributed by atoms with Crippen molar-refractivity contribution in [3.63, 3.8) is 0 Å². The summed E-state index contributed by atoms with van der Waals surface area (Å²) in [4.78, 5) is 72.9. The molecule has 0 aliphatic rings. The SMILES string of the molecule is O=C(O)c1cccc(-c2ccccc2)c1-c1c(C(=O)O)c(C(=O)O)c(C(=O)O)c(C(=O)O)c1C(=O)O. The van der Waals surface area contributed by atoms with Crippen molar-refractivity contribution in [1.82, 2.24) is 0 Å². The number of carboxylic acids is 6. The van der Waals surface area contributed by atoms with Crippen LogP contribution >= 0.6 is 0 Å². The van der Waals surface area contributed by atoms with Crippen LogP contribution in [0.2, 0.25) is 0 Å². The van der Waals surface area contributed by atoms with Gasteiger partial charge in [-0.25, -0.2) is 28.8 Å². The first-order valence-electron chi connectivity index (χ1n) is 9.72. The highest BCUT2D eigenvalue weighted by Gasteiger charge is 2.40. The fourth-order valence-corrected chi connectivity index (χ4v) is 3.93. The van der Waals surface area contributed by atoms with Crippen LogP contribution in [0.5, 0.6) is 0 Å². The van der Waals surface area contributed by atoms with Crippen LogP contribution < -0.4 is 0 Å². The summed E-state index contributed by atoms with van der Waals surface area (Å²) in [5.41, 5.74) is -9.62. The molecule has 0 heterocycles. The normalized spacial score (nSPS) is 10.4. The maximum absolute atomic E-state index is 12.3. The maximum atomic E-state index is 12.3. The molecule has 12 nitrogen and oxygen atoms in total. The molecular weight excluding hydrogens is 480 g/mol. The van der Waals surface area contributed by atoms with Crippen LogP contribution in [0.1, 0.15) is 62.1 Å². The molecule has 3 aromatic rings. The zero-order chi connectivity index (χ0) is 26.9. The van der Waals surface area contributed by atoms with E-state index in [-0.39, 0.29) is 11.1 Å². The number of aromatic carboxylic acids is 6. The molecule has 0 amide bonds. The van der Waals surface area contributed by atoms with E-state index in [0.29, 0.717) is 0 Å². The second-order valence-electron chi connectivity index (χ2n) is 7.18. The lowest BCUT2D eigenvalue weighted by Crippen LogP contribution is -2.25. The Morgan fingerprint density at radius 2 is 0.833 bits per heavy atom. The van der Waals surface area contributed by atoms with Gasteiger partial charge in [-0.1, -0.05) is 42.5 Å².